The highest BCUT2D eigenvalue weighted by Gasteiger charge is 2.69. The molecule has 0 amide bonds. The van der Waals surface area contributed by atoms with Gasteiger partial charge >= 0.3 is 0 Å². The van der Waals surface area contributed by atoms with Crippen molar-refractivity contribution in [3.05, 3.63) is 35.9 Å². The Morgan fingerprint density at radius 2 is 2.13 bits per heavy atom. The van der Waals surface area contributed by atoms with Gasteiger partial charge < -0.3 is 9.94 Å². The Morgan fingerprint density at radius 3 is 2.80 bits per heavy atom. The zero-order valence-electron chi connectivity index (χ0n) is 8.55. The van der Waals surface area contributed by atoms with Crippen molar-refractivity contribution in [2.24, 2.45) is 11.1 Å². The molecule has 1 N–H and O–H groups in total. The lowest BCUT2D eigenvalue weighted by Crippen LogP contribution is -2.16. The lowest BCUT2D eigenvalue weighted by Gasteiger charge is -2.13. The van der Waals surface area contributed by atoms with Gasteiger partial charge in [-0.15, -0.1) is 0 Å². The van der Waals surface area contributed by atoms with Crippen LogP contribution < -0.4 is 0 Å². The smallest absolute Gasteiger partial charge is 0.146 e. The lowest BCUT2D eigenvalue weighted by atomic mass is 9.94. The third kappa shape index (κ3) is 1.01. The normalized spacial score (nSPS) is 36.8. The highest BCUT2D eigenvalue weighted by molar-refractivity contribution is 5.94. The number of hydrogen-bond donors (Lipinski definition) is 1. The molecule has 3 atom stereocenters. The number of fused-ring (bicyclic) bond motifs is 1. The molecule has 1 heterocycles. The van der Waals surface area contributed by atoms with Crippen LogP contribution in [0.25, 0.3) is 0 Å². The highest BCUT2D eigenvalue weighted by atomic mass is 16.7. The van der Waals surface area contributed by atoms with Crippen LogP contribution in [0.1, 0.15) is 12.5 Å². The maximum atomic E-state index is 9.13. The van der Waals surface area contributed by atoms with E-state index in [-0.39, 0.29) is 24.0 Å². The number of benzene rings is 1. The molecular formula is C12H13NO2. The number of hydrogen-bond acceptors (Lipinski definition) is 3. The van der Waals surface area contributed by atoms with Gasteiger partial charge in [0.1, 0.15) is 6.10 Å². The van der Waals surface area contributed by atoms with Gasteiger partial charge in [-0.05, 0) is 5.56 Å². The van der Waals surface area contributed by atoms with Crippen molar-refractivity contribution >= 4 is 5.71 Å². The summed E-state index contributed by atoms with van der Waals surface area (Å²) in [6.45, 7) is 2.17. The number of rotatable bonds is 2. The molecule has 0 radical (unpaired) electrons. The van der Waals surface area contributed by atoms with Crippen LogP contribution in [0.3, 0.4) is 0 Å². The number of aliphatic hydroxyl groups excluding tert-OH is 1. The average molecular weight is 203 g/mol. The van der Waals surface area contributed by atoms with Gasteiger partial charge in [-0.3, -0.25) is 0 Å². The van der Waals surface area contributed by atoms with Gasteiger partial charge in [0.25, 0.3) is 0 Å². The largest absolute Gasteiger partial charge is 0.391 e. The van der Waals surface area contributed by atoms with Crippen molar-refractivity contribution in [2.75, 3.05) is 6.61 Å². The molecule has 1 aliphatic heterocycles. The Balaban J connectivity index is 1.94. The molecule has 3 heteroatoms. The second kappa shape index (κ2) is 2.83. The second-order valence-corrected chi connectivity index (χ2v) is 4.39. The molecule has 78 valence electrons. The standard InChI is InChI=1S/C12H13NO2/c1-12(8-5-3-2-4-6-8)10-9(7-14)13-15-11(10)12/h2-6,10-11,14H,7H2,1H3/t10-,11+,12+/m1/s1. The third-order valence-electron chi connectivity index (χ3n) is 3.63. The first-order valence-electron chi connectivity index (χ1n) is 5.17. The fraction of sp³-hybridized carbons (Fsp3) is 0.417. The average Bonchev–Trinajstić information content (AvgIpc) is 2.72. The summed E-state index contributed by atoms with van der Waals surface area (Å²) in [5, 5.41) is 13.0. The molecule has 1 saturated carbocycles. The van der Waals surface area contributed by atoms with E-state index in [0.29, 0.717) is 0 Å². The first-order valence-corrected chi connectivity index (χ1v) is 5.17. The van der Waals surface area contributed by atoms with Crippen molar-refractivity contribution in [1.29, 1.82) is 0 Å². The summed E-state index contributed by atoms with van der Waals surface area (Å²) in [4.78, 5) is 5.33. The van der Waals surface area contributed by atoms with Gasteiger partial charge in [0.2, 0.25) is 0 Å². The number of aliphatic hydroxyl groups is 1. The SMILES string of the molecule is C[C@]1(c2ccccc2)[C@@H]2C(CO)=NO[C@@H]21. The molecule has 1 aliphatic carbocycles. The van der Waals surface area contributed by atoms with Crippen molar-refractivity contribution < 1.29 is 9.94 Å². The molecule has 15 heavy (non-hydrogen) atoms. The molecule has 2 aliphatic rings. The van der Waals surface area contributed by atoms with Gasteiger partial charge in [0.05, 0.1) is 18.2 Å². The van der Waals surface area contributed by atoms with E-state index in [9.17, 15) is 0 Å². The van der Waals surface area contributed by atoms with Gasteiger partial charge in [-0.1, -0.05) is 42.4 Å². The Kier molecular flexibility index (Phi) is 1.68. The molecule has 0 bridgehead atoms. The predicted octanol–water partition coefficient (Wildman–Crippen LogP) is 1.32. The third-order valence-corrected chi connectivity index (χ3v) is 3.63. The van der Waals surface area contributed by atoms with E-state index in [4.69, 9.17) is 9.94 Å². The van der Waals surface area contributed by atoms with Crippen LogP contribution >= 0.6 is 0 Å². The molecule has 1 aromatic rings. The van der Waals surface area contributed by atoms with Crippen LogP contribution in [0.4, 0.5) is 0 Å². The highest BCUT2D eigenvalue weighted by Crippen LogP contribution is 2.59. The van der Waals surface area contributed by atoms with Gasteiger partial charge in [-0.2, -0.15) is 0 Å². The van der Waals surface area contributed by atoms with Crippen LogP contribution in [-0.2, 0) is 10.3 Å². The fourth-order valence-corrected chi connectivity index (χ4v) is 2.61. The van der Waals surface area contributed by atoms with Crippen LogP contribution in [-0.4, -0.2) is 23.5 Å². The van der Waals surface area contributed by atoms with Crippen LogP contribution in [0.2, 0.25) is 0 Å². The first-order chi connectivity index (χ1) is 7.28. The van der Waals surface area contributed by atoms with Crippen molar-refractivity contribution in [2.45, 2.75) is 18.4 Å². The van der Waals surface area contributed by atoms with Crippen LogP contribution in [0, 0.1) is 5.92 Å². The van der Waals surface area contributed by atoms with E-state index in [1.165, 1.54) is 5.56 Å². The summed E-state index contributed by atoms with van der Waals surface area (Å²) < 4.78 is 0. The topological polar surface area (TPSA) is 41.8 Å². The molecule has 3 nitrogen and oxygen atoms in total. The Labute approximate surface area is 88.4 Å². The van der Waals surface area contributed by atoms with Crippen molar-refractivity contribution in [3.8, 4) is 0 Å². The maximum Gasteiger partial charge on any atom is 0.146 e. The number of nitrogens with zero attached hydrogens (tertiary/aromatic N) is 1. The van der Waals surface area contributed by atoms with E-state index in [1.54, 1.807) is 0 Å². The predicted molar refractivity (Wildman–Crippen MR) is 56.7 cm³/mol. The molecular weight excluding hydrogens is 190 g/mol. The molecule has 0 aromatic heterocycles. The minimum atomic E-state index is 0.00356. The van der Waals surface area contributed by atoms with Crippen molar-refractivity contribution in [3.63, 3.8) is 0 Å². The second-order valence-electron chi connectivity index (χ2n) is 4.39. The summed E-state index contributed by atoms with van der Waals surface area (Å²) in [5.74, 6) is 0.268. The monoisotopic (exact) mass is 203 g/mol. The van der Waals surface area contributed by atoms with Crippen LogP contribution in [0.5, 0.6) is 0 Å². The summed E-state index contributed by atoms with van der Waals surface area (Å²) in [7, 11) is 0. The minimum absolute atomic E-state index is 0.00356. The van der Waals surface area contributed by atoms with E-state index in [2.05, 4.69) is 24.2 Å². The zero-order valence-corrected chi connectivity index (χ0v) is 8.55. The van der Waals surface area contributed by atoms with Crippen LogP contribution in [0.15, 0.2) is 35.5 Å². The summed E-state index contributed by atoms with van der Waals surface area (Å²) in [6.07, 6.45) is 0.127. The van der Waals surface area contributed by atoms with E-state index in [1.807, 2.05) is 18.2 Å². The quantitative estimate of drug-likeness (QED) is 0.787. The molecule has 1 fully saturated rings. The van der Waals surface area contributed by atoms with Crippen molar-refractivity contribution in [1.82, 2.24) is 0 Å². The number of oxime groups is 1. The molecule has 0 spiro atoms. The minimum Gasteiger partial charge on any atom is -0.391 e. The zero-order chi connectivity index (χ0) is 10.5. The van der Waals surface area contributed by atoms with Gasteiger partial charge in [0, 0.05) is 5.41 Å². The maximum absolute atomic E-state index is 9.13. The first kappa shape index (κ1) is 8.92. The van der Waals surface area contributed by atoms with Gasteiger partial charge in [0.15, 0.2) is 0 Å². The summed E-state index contributed by atoms with van der Waals surface area (Å²) >= 11 is 0. The Morgan fingerprint density at radius 1 is 1.40 bits per heavy atom. The molecule has 3 rings (SSSR count). The Hall–Kier alpha value is -1.35. The Bertz CT molecular complexity index is 415. The molecule has 0 unspecified atom stereocenters. The fourth-order valence-electron chi connectivity index (χ4n) is 2.61. The lowest BCUT2D eigenvalue weighted by molar-refractivity contribution is 0.122. The summed E-state index contributed by atoms with van der Waals surface area (Å²) in [6, 6.07) is 10.3. The van der Waals surface area contributed by atoms with Gasteiger partial charge in [-0.25, -0.2) is 0 Å². The van der Waals surface area contributed by atoms with E-state index >= 15 is 0 Å². The molecule has 0 saturated heterocycles. The molecule has 1 aromatic carbocycles. The summed E-state index contributed by atoms with van der Waals surface area (Å²) in [5.41, 5.74) is 2.06. The van der Waals surface area contributed by atoms with E-state index in [0.717, 1.165) is 5.71 Å². The van der Waals surface area contributed by atoms with E-state index < -0.39 is 0 Å².